The smallest absolute Gasteiger partial charge is 0.227 e. The molecule has 1 amide bonds. The van der Waals surface area contributed by atoms with Crippen molar-refractivity contribution in [2.45, 2.75) is 32.5 Å². The Bertz CT molecular complexity index is 659. The number of anilines is 1. The van der Waals surface area contributed by atoms with Crippen molar-refractivity contribution in [3.8, 4) is 5.75 Å². The van der Waals surface area contributed by atoms with E-state index in [1.54, 1.807) is 30.3 Å². The molecule has 5 heteroatoms. The van der Waals surface area contributed by atoms with Crippen molar-refractivity contribution < 1.29 is 14.6 Å². The zero-order chi connectivity index (χ0) is 16.8. The van der Waals surface area contributed by atoms with E-state index in [0.717, 1.165) is 0 Å². The molecule has 0 spiro atoms. The quantitative estimate of drug-likeness (QED) is 0.833. The molecule has 23 heavy (non-hydrogen) atoms. The molecule has 0 saturated carbocycles. The molecular formula is C18H20ClNO3. The maximum absolute atomic E-state index is 12.2. The fourth-order valence-corrected chi connectivity index (χ4v) is 2.35. The SMILES string of the molecule is CC(C)Oc1c(Cl)cccc1NC(=O)CC(O)c1ccccc1. The third-order valence-corrected chi connectivity index (χ3v) is 3.46. The highest BCUT2D eigenvalue weighted by atomic mass is 35.5. The van der Waals surface area contributed by atoms with Gasteiger partial charge in [0.05, 0.1) is 29.3 Å². The van der Waals surface area contributed by atoms with Crippen LogP contribution in [0.1, 0.15) is 31.9 Å². The van der Waals surface area contributed by atoms with Gasteiger partial charge in [-0.1, -0.05) is 48.0 Å². The van der Waals surface area contributed by atoms with Crippen LogP contribution in [0, 0.1) is 0 Å². The molecule has 2 aromatic rings. The lowest BCUT2D eigenvalue weighted by Crippen LogP contribution is -2.17. The number of amides is 1. The van der Waals surface area contributed by atoms with Gasteiger partial charge in [0.15, 0.2) is 5.75 Å². The number of rotatable bonds is 6. The second-order valence-corrected chi connectivity index (χ2v) is 5.87. The van der Waals surface area contributed by atoms with Crippen LogP contribution in [-0.2, 0) is 4.79 Å². The maximum atomic E-state index is 12.2. The Morgan fingerprint density at radius 2 is 1.87 bits per heavy atom. The molecule has 2 rings (SSSR count). The van der Waals surface area contributed by atoms with E-state index in [-0.39, 0.29) is 18.4 Å². The first kappa shape index (κ1) is 17.3. The Kier molecular flexibility index (Phi) is 6.02. The first-order valence-corrected chi connectivity index (χ1v) is 7.83. The Labute approximate surface area is 141 Å². The molecule has 0 aromatic heterocycles. The molecule has 4 nitrogen and oxygen atoms in total. The van der Waals surface area contributed by atoms with Crippen LogP contribution < -0.4 is 10.1 Å². The minimum Gasteiger partial charge on any atom is -0.487 e. The second-order valence-electron chi connectivity index (χ2n) is 5.46. The molecule has 1 atom stereocenters. The number of aliphatic hydroxyl groups excluding tert-OH is 1. The third kappa shape index (κ3) is 4.98. The summed E-state index contributed by atoms with van der Waals surface area (Å²) < 4.78 is 5.66. The number of aliphatic hydroxyl groups is 1. The largest absolute Gasteiger partial charge is 0.487 e. The van der Waals surface area contributed by atoms with Crippen LogP contribution >= 0.6 is 11.6 Å². The van der Waals surface area contributed by atoms with Gasteiger partial charge in [-0.2, -0.15) is 0 Å². The molecule has 0 radical (unpaired) electrons. The van der Waals surface area contributed by atoms with Crippen LogP contribution in [0.2, 0.25) is 5.02 Å². The molecule has 2 N–H and O–H groups in total. The van der Waals surface area contributed by atoms with Gasteiger partial charge >= 0.3 is 0 Å². The van der Waals surface area contributed by atoms with Crippen LogP contribution in [0.5, 0.6) is 5.75 Å². The van der Waals surface area contributed by atoms with E-state index >= 15 is 0 Å². The highest BCUT2D eigenvalue weighted by Crippen LogP contribution is 2.34. The van der Waals surface area contributed by atoms with E-state index in [1.807, 2.05) is 32.0 Å². The second kappa shape index (κ2) is 7.99. The topological polar surface area (TPSA) is 58.6 Å². The van der Waals surface area contributed by atoms with Gasteiger partial charge in [-0.05, 0) is 31.5 Å². The standard InChI is InChI=1S/C18H20ClNO3/c1-12(2)23-18-14(19)9-6-10-15(18)20-17(22)11-16(21)13-7-4-3-5-8-13/h3-10,12,16,21H,11H2,1-2H3,(H,20,22). The molecule has 0 aliphatic carbocycles. The van der Waals surface area contributed by atoms with Crippen LogP contribution in [0.15, 0.2) is 48.5 Å². The summed E-state index contributed by atoms with van der Waals surface area (Å²) in [7, 11) is 0. The number of hydrogen-bond acceptors (Lipinski definition) is 3. The van der Waals surface area contributed by atoms with Gasteiger partial charge in [0, 0.05) is 0 Å². The van der Waals surface area contributed by atoms with Crippen LogP contribution in [0.25, 0.3) is 0 Å². The summed E-state index contributed by atoms with van der Waals surface area (Å²) in [6.45, 7) is 3.77. The fraction of sp³-hybridized carbons (Fsp3) is 0.278. The summed E-state index contributed by atoms with van der Waals surface area (Å²) in [5.74, 6) is 0.129. The minimum absolute atomic E-state index is 0.0440. The summed E-state index contributed by atoms with van der Waals surface area (Å²) in [5, 5.41) is 13.3. The van der Waals surface area contributed by atoms with Gasteiger partial charge in [0.1, 0.15) is 0 Å². The molecular weight excluding hydrogens is 314 g/mol. The summed E-state index contributed by atoms with van der Waals surface area (Å²) in [6, 6.07) is 14.2. The monoisotopic (exact) mass is 333 g/mol. The van der Waals surface area contributed by atoms with Gasteiger partial charge < -0.3 is 15.2 Å². The van der Waals surface area contributed by atoms with E-state index in [1.165, 1.54) is 0 Å². The third-order valence-electron chi connectivity index (χ3n) is 3.16. The molecule has 2 aromatic carbocycles. The number of para-hydroxylation sites is 1. The van der Waals surface area contributed by atoms with Crippen molar-refractivity contribution in [1.29, 1.82) is 0 Å². The normalized spacial score (nSPS) is 12.0. The van der Waals surface area contributed by atoms with Crippen LogP contribution in [0.3, 0.4) is 0 Å². The Morgan fingerprint density at radius 1 is 1.17 bits per heavy atom. The molecule has 0 fully saturated rings. The predicted molar refractivity (Wildman–Crippen MR) is 91.9 cm³/mol. The van der Waals surface area contributed by atoms with E-state index in [9.17, 15) is 9.90 Å². The zero-order valence-corrected chi connectivity index (χ0v) is 13.9. The molecule has 0 aliphatic heterocycles. The van der Waals surface area contributed by atoms with E-state index in [4.69, 9.17) is 16.3 Å². The summed E-state index contributed by atoms with van der Waals surface area (Å²) in [6.07, 6.45) is -0.970. The molecule has 1 unspecified atom stereocenters. The van der Waals surface area contributed by atoms with Gasteiger partial charge in [-0.3, -0.25) is 4.79 Å². The number of carbonyl (C=O) groups is 1. The number of carbonyl (C=O) groups excluding carboxylic acids is 1. The summed E-state index contributed by atoms with van der Waals surface area (Å²) in [4.78, 5) is 12.2. The van der Waals surface area contributed by atoms with Crippen LogP contribution in [-0.4, -0.2) is 17.1 Å². The Balaban J connectivity index is 2.07. The van der Waals surface area contributed by atoms with Crippen molar-refractivity contribution in [2.75, 3.05) is 5.32 Å². The lowest BCUT2D eigenvalue weighted by Gasteiger charge is -2.17. The molecule has 0 aliphatic rings. The molecule has 122 valence electrons. The summed E-state index contributed by atoms with van der Waals surface area (Å²) in [5.41, 5.74) is 1.20. The van der Waals surface area contributed by atoms with Gasteiger partial charge in [-0.15, -0.1) is 0 Å². The average Bonchev–Trinajstić information content (AvgIpc) is 2.51. The lowest BCUT2D eigenvalue weighted by atomic mass is 10.1. The zero-order valence-electron chi connectivity index (χ0n) is 13.1. The van der Waals surface area contributed by atoms with Crippen LogP contribution in [0.4, 0.5) is 5.69 Å². The van der Waals surface area contributed by atoms with Crippen molar-refractivity contribution in [3.63, 3.8) is 0 Å². The minimum atomic E-state index is -0.857. The molecule has 0 saturated heterocycles. The maximum Gasteiger partial charge on any atom is 0.227 e. The molecule has 0 bridgehead atoms. The lowest BCUT2D eigenvalue weighted by molar-refractivity contribution is -0.118. The first-order chi connectivity index (χ1) is 11.0. The molecule has 0 heterocycles. The number of halogens is 1. The number of ether oxygens (including phenoxy) is 1. The van der Waals surface area contributed by atoms with Crippen molar-refractivity contribution in [3.05, 3.63) is 59.1 Å². The highest BCUT2D eigenvalue weighted by Gasteiger charge is 2.16. The predicted octanol–water partition coefficient (Wildman–Crippen LogP) is 4.19. The van der Waals surface area contributed by atoms with Gasteiger partial charge in [-0.25, -0.2) is 0 Å². The Hall–Kier alpha value is -2.04. The van der Waals surface area contributed by atoms with E-state index in [0.29, 0.717) is 22.0 Å². The number of benzene rings is 2. The van der Waals surface area contributed by atoms with E-state index < -0.39 is 6.10 Å². The number of hydrogen-bond donors (Lipinski definition) is 2. The van der Waals surface area contributed by atoms with Crippen molar-refractivity contribution >= 4 is 23.2 Å². The Morgan fingerprint density at radius 3 is 2.52 bits per heavy atom. The fourth-order valence-electron chi connectivity index (χ4n) is 2.13. The first-order valence-electron chi connectivity index (χ1n) is 7.45. The average molecular weight is 334 g/mol. The van der Waals surface area contributed by atoms with Gasteiger partial charge in [0.2, 0.25) is 5.91 Å². The van der Waals surface area contributed by atoms with E-state index in [2.05, 4.69) is 5.32 Å². The van der Waals surface area contributed by atoms with Crippen molar-refractivity contribution in [1.82, 2.24) is 0 Å². The van der Waals surface area contributed by atoms with Gasteiger partial charge in [0.25, 0.3) is 0 Å². The summed E-state index contributed by atoms with van der Waals surface area (Å²) >= 11 is 6.13. The number of nitrogens with one attached hydrogen (secondary N) is 1. The van der Waals surface area contributed by atoms with Crippen molar-refractivity contribution in [2.24, 2.45) is 0 Å². The highest BCUT2D eigenvalue weighted by molar-refractivity contribution is 6.32.